The van der Waals surface area contributed by atoms with Gasteiger partial charge in [-0.3, -0.25) is 0 Å². The smallest absolute Gasteiger partial charge is 0.232 e. The normalized spacial score (nSPS) is 22.9. The van der Waals surface area contributed by atoms with Crippen LogP contribution >= 0.6 is 0 Å². The fraction of sp³-hybridized carbons (Fsp3) is 0.800. The Balaban J connectivity index is 2.17. The fourth-order valence-electron chi connectivity index (χ4n) is 1.58. The first kappa shape index (κ1) is 9.65. The Morgan fingerprint density at radius 3 is 2.71 bits per heavy atom. The molecule has 0 aromatic carbocycles. The Morgan fingerprint density at radius 2 is 2.21 bits per heavy atom. The molecule has 2 heterocycles. The summed E-state index contributed by atoms with van der Waals surface area (Å²) < 4.78 is 5.25. The Bertz CT molecular complexity index is 307. The van der Waals surface area contributed by atoms with Crippen LogP contribution in [0.4, 0.5) is 0 Å². The van der Waals surface area contributed by atoms with Crippen molar-refractivity contribution in [1.82, 2.24) is 15.5 Å². The standard InChI is InChI=1S/C10H17N3O/c1-10(2,3)9-12-8(13-14-9)7-4-5-11-6-7/h7,11H,4-6H2,1-3H3. The molecule has 1 aromatic rings. The molecule has 1 N–H and O–H groups in total. The fourth-order valence-corrected chi connectivity index (χ4v) is 1.58. The van der Waals surface area contributed by atoms with Gasteiger partial charge in [-0.15, -0.1) is 0 Å². The monoisotopic (exact) mass is 195 g/mol. The van der Waals surface area contributed by atoms with Gasteiger partial charge < -0.3 is 9.84 Å². The van der Waals surface area contributed by atoms with Gasteiger partial charge in [0, 0.05) is 17.9 Å². The minimum atomic E-state index is -0.0444. The lowest BCUT2D eigenvalue weighted by Gasteiger charge is -2.10. The predicted octanol–water partition coefficient (Wildman–Crippen LogP) is 1.44. The van der Waals surface area contributed by atoms with Gasteiger partial charge in [0.1, 0.15) is 0 Å². The maximum absolute atomic E-state index is 5.25. The SMILES string of the molecule is CC(C)(C)c1nc(C2CCNC2)no1. The molecule has 0 saturated carbocycles. The first-order valence-electron chi connectivity index (χ1n) is 5.12. The van der Waals surface area contributed by atoms with Crippen molar-refractivity contribution in [3.05, 3.63) is 11.7 Å². The van der Waals surface area contributed by atoms with E-state index >= 15 is 0 Å². The minimum absolute atomic E-state index is 0.0444. The van der Waals surface area contributed by atoms with Crippen LogP contribution in [0.25, 0.3) is 0 Å². The van der Waals surface area contributed by atoms with E-state index in [1.54, 1.807) is 0 Å². The molecule has 0 radical (unpaired) electrons. The molecule has 14 heavy (non-hydrogen) atoms. The summed E-state index contributed by atoms with van der Waals surface area (Å²) in [4.78, 5) is 4.45. The average molecular weight is 195 g/mol. The molecule has 1 fully saturated rings. The van der Waals surface area contributed by atoms with Gasteiger partial charge in [-0.05, 0) is 13.0 Å². The Morgan fingerprint density at radius 1 is 1.43 bits per heavy atom. The first-order valence-corrected chi connectivity index (χ1v) is 5.12. The van der Waals surface area contributed by atoms with E-state index in [-0.39, 0.29) is 5.41 Å². The van der Waals surface area contributed by atoms with Crippen LogP contribution in [-0.2, 0) is 5.41 Å². The second-order valence-electron chi connectivity index (χ2n) is 4.90. The molecule has 0 amide bonds. The van der Waals surface area contributed by atoms with Gasteiger partial charge in [0.15, 0.2) is 5.82 Å². The van der Waals surface area contributed by atoms with Crippen molar-refractivity contribution in [2.75, 3.05) is 13.1 Å². The highest BCUT2D eigenvalue weighted by atomic mass is 16.5. The van der Waals surface area contributed by atoms with E-state index in [1.807, 2.05) is 0 Å². The third kappa shape index (κ3) is 1.80. The molecule has 4 nitrogen and oxygen atoms in total. The highest BCUT2D eigenvalue weighted by Gasteiger charge is 2.26. The topological polar surface area (TPSA) is 51.0 Å². The third-order valence-electron chi connectivity index (χ3n) is 2.51. The van der Waals surface area contributed by atoms with E-state index in [2.05, 4.69) is 36.2 Å². The van der Waals surface area contributed by atoms with E-state index in [4.69, 9.17) is 4.52 Å². The molecule has 1 aliphatic heterocycles. The largest absolute Gasteiger partial charge is 0.339 e. The van der Waals surface area contributed by atoms with Crippen LogP contribution in [-0.4, -0.2) is 23.2 Å². The Labute approximate surface area is 84.1 Å². The molecule has 1 aromatic heterocycles. The van der Waals surface area contributed by atoms with Crippen molar-refractivity contribution >= 4 is 0 Å². The van der Waals surface area contributed by atoms with Crippen molar-refractivity contribution in [2.45, 2.75) is 38.5 Å². The lowest BCUT2D eigenvalue weighted by atomic mass is 9.97. The molecule has 78 valence electrons. The van der Waals surface area contributed by atoms with Crippen molar-refractivity contribution in [1.29, 1.82) is 0 Å². The van der Waals surface area contributed by atoms with Gasteiger partial charge in [-0.25, -0.2) is 0 Å². The van der Waals surface area contributed by atoms with Crippen LogP contribution in [0.15, 0.2) is 4.52 Å². The molecule has 1 aliphatic rings. The van der Waals surface area contributed by atoms with Gasteiger partial charge in [-0.2, -0.15) is 4.98 Å². The molecular formula is C10H17N3O. The van der Waals surface area contributed by atoms with Crippen LogP contribution in [0.2, 0.25) is 0 Å². The molecule has 1 atom stereocenters. The maximum atomic E-state index is 5.25. The number of rotatable bonds is 1. The highest BCUT2D eigenvalue weighted by molar-refractivity contribution is 5.04. The van der Waals surface area contributed by atoms with Crippen LogP contribution in [0.3, 0.4) is 0 Å². The van der Waals surface area contributed by atoms with E-state index in [9.17, 15) is 0 Å². The zero-order valence-electron chi connectivity index (χ0n) is 9.00. The molecule has 1 unspecified atom stereocenters. The lowest BCUT2D eigenvalue weighted by molar-refractivity contribution is 0.317. The molecular weight excluding hydrogens is 178 g/mol. The number of aromatic nitrogens is 2. The Kier molecular flexibility index (Phi) is 2.31. The predicted molar refractivity (Wildman–Crippen MR) is 53.2 cm³/mol. The summed E-state index contributed by atoms with van der Waals surface area (Å²) in [7, 11) is 0. The molecule has 0 bridgehead atoms. The third-order valence-corrected chi connectivity index (χ3v) is 2.51. The minimum Gasteiger partial charge on any atom is -0.339 e. The van der Waals surface area contributed by atoms with Gasteiger partial charge in [0.25, 0.3) is 0 Å². The van der Waals surface area contributed by atoms with Crippen LogP contribution in [0, 0.1) is 0 Å². The maximum Gasteiger partial charge on any atom is 0.232 e. The summed E-state index contributed by atoms with van der Waals surface area (Å²) in [6, 6.07) is 0. The summed E-state index contributed by atoms with van der Waals surface area (Å²) in [6.45, 7) is 8.28. The summed E-state index contributed by atoms with van der Waals surface area (Å²) >= 11 is 0. The first-order chi connectivity index (χ1) is 6.57. The van der Waals surface area contributed by atoms with Crippen molar-refractivity contribution in [2.24, 2.45) is 0 Å². The van der Waals surface area contributed by atoms with Crippen LogP contribution in [0.1, 0.15) is 44.8 Å². The van der Waals surface area contributed by atoms with Gasteiger partial charge in [-0.1, -0.05) is 25.9 Å². The van der Waals surface area contributed by atoms with Gasteiger partial charge in [0.2, 0.25) is 5.89 Å². The van der Waals surface area contributed by atoms with Crippen LogP contribution in [0.5, 0.6) is 0 Å². The second kappa shape index (κ2) is 3.35. The average Bonchev–Trinajstić information content (AvgIpc) is 2.73. The number of nitrogens with one attached hydrogen (secondary N) is 1. The Hall–Kier alpha value is -0.900. The van der Waals surface area contributed by atoms with Crippen molar-refractivity contribution in [3.8, 4) is 0 Å². The van der Waals surface area contributed by atoms with E-state index in [1.165, 1.54) is 0 Å². The zero-order chi connectivity index (χ0) is 10.2. The molecule has 1 saturated heterocycles. The second-order valence-corrected chi connectivity index (χ2v) is 4.90. The molecule has 0 spiro atoms. The van der Waals surface area contributed by atoms with Gasteiger partial charge >= 0.3 is 0 Å². The number of hydrogen-bond acceptors (Lipinski definition) is 4. The van der Waals surface area contributed by atoms with Crippen molar-refractivity contribution in [3.63, 3.8) is 0 Å². The van der Waals surface area contributed by atoms with Gasteiger partial charge in [0.05, 0.1) is 0 Å². The van der Waals surface area contributed by atoms with E-state index < -0.39 is 0 Å². The van der Waals surface area contributed by atoms with E-state index in [0.29, 0.717) is 5.92 Å². The summed E-state index contributed by atoms with van der Waals surface area (Å²) in [5, 5.41) is 7.34. The summed E-state index contributed by atoms with van der Waals surface area (Å²) in [5.74, 6) is 2.04. The summed E-state index contributed by atoms with van der Waals surface area (Å²) in [5.41, 5.74) is -0.0444. The highest BCUT2D eigenvalue weighted by Crippen LogP contribution is 2.24. The molecule has 4 heteroatoms. The van der Waals surface area contributed by atoms with E-state index in [0.717, 1.165) is 31.2 Å². The number of nitrogens with zero attached hydrogens (tertiary/aromatic N) is 2. The number of hydrogen-bond donors (Lipinski definition) is 1. The quantitative estimate of drug-likeness (QED) is 0.736. The summed E-state index contributed by atoms with van der Waals surface area (Å²) in [6.07, 6.45) is 1.11. The molecule has 0 aliphatic carbocycles. The molecule has 2 rings (SSSR count). The lowest BCUT2D eigenvalue weighted by Crippen LogP contribution is -2.12. The van der Waals surface area contributed by atoms with Crippen LogP contribution < -0.4 is 5.32 Å². The van der Waals surface area contributed by atoms with Crippen molar-refractivity contribution < 1.29 is 4.52 Å². The zero-order valence-corrected chi connectivity index (χ0v) is 9.00.